The maximum atomic E-state index is 13.6. The number of benzene rings is 1. The molecular weight excluding hydrogens is 308 g/mol. The van der Waals surface area contributed by atoms with Gasteiger partial charge in [-0.15, -0.1) is 0 Å². The summed E-state index contributed by atoms with van der Waals surface area (Å²) in [7, 11) is 0. The van der Waals surface area contributed by atoms with Crippen LogP contribution in [0.2, 0.25) is 0 Å². The van der Waals surface area contributed by atoms with E-state index >= 15 is 0 Å². The molecule has 17 heavy (non-hydrogen) atoms. The summed E-state index contributed by atoms with van der Waals surface area (Å²) >= 11 is 2.52. The van der Waals surface area contributed by atoms with E-state index in [-0.39, 0.29) is 10.9 Å². The van der Waals surface area contributed by atoms with Gasteiger partial charge in [0.15, 0.2) is 5.82 Å². The van der Waals surface area contributed by atoms with Gasteiger partial charge in [0.1, 0.15) is 11.8 Å². The molecule has 0 unspecified atom stereocenters. The van der Waals surface area contributed by atoms with Crippen LogP contribution in [0.3, 0.4) is 0 Å². The lowest BCUT2D eigenvalue weighted by Gasteiger charge is -2.11. The second-order valence-electron chi connectivity index (χ2n) is 3.14. The molecule has 0 radical (unpaired) electrons. The summed E-state index contributed by atoms with van der Waals surface area (Å²) in [6.45, 7) is 0. The minimum absolute atomic E-state index is 0.377. The lowest BCUT2D eigenvalue weighted by molar-refractivity contribution is -0.138. The van der Waals surface area contributed by atoms with E-state index in [2.05, 4.69) is 25.9 Å². The number of nitrogens with zero attached hydrogens (tertiary/aromatic N) is 2. The molecule has 0 bridgehead atoms. The molecule has 0 saturated heterocycles. The quantitative estimate of drug-likeness (QED) is 0.760. The van der Waals surface area contributed by atoms with Crippen molar-refractivity contribution in [3.05, 3.63) is 28.2 Å². The van der Waals surface area contributed by atoms with Crippen molar-refractivity contribution >= 4 is 26.8 Å². The molecule has 1 N–H and O–H groups in total. The Hall–Kier alpha value is -1.44. The Balaban J connectivity index is 2.91. The lowest BCUT2D eigenvalue weighted by atomic mass is 10.1. The zero-order valence-electron chi connectivity index (χ0n) is 7.89. The molecule has 3 nitrogen and oxygen atoms in total. The van der Waals surface area contributed by atoms with Crippen molar-refractivity contribution < 1.29 is 22.7 Å². The van der Waals surface area contributed by atoms with Gasteiger partial charge in [0.2, 0.25) is 5.88 Å². The molecule has 1 aromatic heterocycles. The summed E-state index contributed by atoms with van der Waals surface area (Å²) in [5.74, 6) is -1.89. The van der Waals surface area contributed by atoms with Crippen LogP contribution < -0.4 is 0 Å². The standard InChI is InChI=1S/C9H3BrF4N2O/c10-5-4(9(12,13)14)1-3-7(6(5)11)15-2-16-8(3)17/h1-2H,(H,15,16,17). The van der Waals surface area contributed by atoms with Gasteiger partial charge in [0.25, 0.3) is 0 Å². The third kappa shape index (κ3) is 1.92. The molecule has 0 fully saturated rings. The molecule has 0 spiro atoms. The second kappa shape index (κ2) is 3.80. The first-order valence-electron chi connectivity index (χ1n) is 4.21. The first-order valence-corrected chi connectivity index (χ1v) is 5.00. The van der Waals surface area contributed by atoms with Crippen molar-refractivity contribution in [2.75, 3.05) is 0 Å². The van der Waals surface area contributed by atoms with Gasteiger partial charge in [-0.2, -0.15) is 13.2 Å². The minimum Gasteiger partial charge on any atom is -0.493 e. The van der Waals surface area contributed by atoms with Crippen LogP contribution >= 0.6 is 15.9 Å². The van der Waals surface area contributed by atoms with Crippen LogP contribution in [0.25, 0.3) is 10.9 Å². The molecule has 90 valence electrons. The third-order valence-corrected chi connectivity index (χ3v) is 2.87. The molecule has 0 amide bonds. The van der Waals surface area contributed by atoms with Crippen molar-refractivity contribution in [3.8, 4) is 5.88 Å². The average Bonchev–Trinajstić information content (AvgIpc) is 2.22. The fraction of sp³-hybridized carbons (Fsp3) is 0.111. The Morgan fingerprint density at radius 1 is 1.24 bits per heavy atom. The van der Waals surface area contributed by atoms with Crippen molar-refractivity contribution in [2.24, 2.45) is 0 Å². The van der Waals surface area contributed by atoms with Gasteiger partial charge < -0.3 is 5.11 Å². The SMILES string of the molecule is Oc1ncnc2c(F)c(Br)c(C(F)(F)F)cc12. The number of hydrogen-bond acceptors (Lipinski definition) is 3. The van der Waals surface area contributed by atoms with E-state index in [1.807, 2.05) is 0 Å². The van der Waals surface area contributed by atoms with Crippen LogP contribution in [0.5, 0.6) is 5.88 Å². The van der Waals surface area contributed by atoms with Gasteiger partial charge in [-0.25, -0.2) is 14.4 Å². The fourth-order valence-electron chi connectivity index (χ4n) is 1.33. The van der Waals surface area contributed by atoms with Gasteiger partial charge in [-0.1, -0.05) is 0 Å². The highest BCUT2D eigenvalue weighted by molar-refractivity contribution is 9.10. The molecule has 0 atom stereocenters. The number of hydrogen-bond donors (Lipinski definition) is 1. The van der Waals surface area contributed by atoms with Crippen LogP contribution in [0.1, 0.15) is 5.56 Å². The number of fused-ring (bicyclic) bond motifs is 1. The summed E-state index contributed by atoms with van der Waals surface area (Å²) in [5, 5.41) is 8.89. The zero-order chi connectivity index (χ0) is 12.8. The summed E-state index contributed by atoms with van der Waals surface area (Å²) in [6, 6.07) is 0.595. The van der Waals surface area contributed by atoms with E-state index in [9.17, 15) is 22.7 Å². The number of aromatic nitrogens is 2. The van der Waals surface area contributed by atoms with Crippen LogP contribution in [-0.4, -0.2) is 15.1 Å². The Morgan fingerprint density at radius 2 is 1.88 bits per heavy atom. The van der Waals surface area contributed by atoms with E-state index < -0.39 is 27.9 Å². The van der Waals surface area contributed by atoms with Crippen molar-refractivity contribution in [1.29, 1.82) is 0 Å². The summed E-state index contributed by atoms with van der Waals surface area (Å²) in [4.78, 5) is 6.78. The van der Waals surface area contributed by atoms with E-state index in [1.165, 1.54) is 0 Å². The number of rotatable bonds is 0. The maximum Gasteiger partial charge on any atom is 0.417 e. The molecule has 2 aromatic rings. The molecule has 1 heterocycles. The smallest absolute Gasteiger partial charge is 0.417 e. The minimum atomic E-state index is -4.74. The van der Waals surface area contributed by atoms with E-state index in [0.29, 0.717) is 6.07 Å². The van der Waals surface area contributed by atoms with Crippen LogP contribution in [0, 0.1) is 5.82 Å². The first kappa shape index (κ1) is 12.0. The average molecular weight is 311 g/mol. The Bertz CT molecular complexity index is 600. The molecule has 0 saturated carbocycles. The zero-order valence-corrected chi connectivity index (χ0v) is 9.47. The normalized spacial score (nSPS) is 12.1. The van der Waals surface area contributed by atoms with Crippen molar-refractivity contribution in [2.45, 2.75) is 6.18 Å². The second-order valence-corrected chi connectivity index (χ2v) is 3.94. The van der Waals surface area contributed by atoms with Crippen molar-refractivity contribution in [1.82, 2.24) is 9.97 Å². The topological polar surface area (TPSA) is 46.0 Å². The van der Waals surface area contributed by atoms with Crippen LogP contribution in [0.4, 0.5) is 17.6 Å². The monoisotopic (exact) mass is 310 g/mol. The highest BCUT2D eigenvalue weighted by Gasteiger charge is 2.35. The van der Waals surface area contributed by atoms with Gasteiger partial charge in [0, 0.05) is 0 Å². The van der Waals surface area contributed by atoms with E-state index in [4.69, 9.17) is 0 Å². The first-order chi connectivity index (χ1) is 7.82. The Labute approximate surface area is 100 Å². The van der Waals surface area contributed by atoms with Crippen LogP contribution in [0.15, 0.2) is 16.9 Å². The summed E-state index contributed by atoms with van der Waals surface area (Å²) in [5.41, 5.74) is -1.61. The largest absolute Gasteiger partial charge is 0.493 e. The number of alkyl halides is 3. The molecule has 8 heteroatoms. The fourth-order valence-corrected chi connectivity index (χ4v) is 1.86. The molecular formula is C9H3BrF4N2O. The summed E-state index contributed by atoms with van der Waals surface area (Å²) in [6.07, 6.45) is -3.88. The molecule has 2 rings (SSSR count). The van der Waals surface area contributed by atoms with Gasteiger partial charge in [-0.3, -0.25) is 0 Å². The van der Waals surface area contributed by atoms with Gasteiger partial charge in [0.05, 0.1) is 15.4 Å². The lowest BCUT2D eigenvalue weighted by Crippen LogP contribution is -2.08. The highest BCUT2D eigenvalue weighted by atomic mass is 79.9. The number of halogens is 5. The van der Waals surface area contributed by atoms with E-state index in [0.717, 1.165) is 6.33 Å². The van der Waals surface area contributed by atoms with E-state index in [1.54, 1.807) is 0 Å². The Morgan fingerprint density at radius 3 is 2.47 bits per heavy atom. The highest BCUT2D eigenvalue weighted by Crippen LogP contribution is 2.39. The molecule has 0 aliphatic rings. The van der Waals surface area contributed by atoms with Crippen LogP contribution in [-0.2, 0) is 6.18 Å². The summed E-state index contributed by atoms with van der Waals surface area (Å²) < 4.78 is 50.6. The van der Waals surface area contributed by atoms with Gasteiger partial charge >= 0.3 is 6.18 Å². The van der Waals surface area contributed by atoms with Gasteiger partial charge in [-0.05, 0) is 22.0 Å². The molecule has 0 aliphatic heterocycles. The predicted molar refractivity (Wildman–Crippen MR) is 53.9 cm³/mol. The molecule has 1 aromatic carbocycles. The molecule has 0 aliphatic carbocycles. The van der Waals surface area contributed by atoms with Crippen molar-refractivity contribution in [3.63, 3.8) is 0 Å². The Kier molecular flexibility index (Phi) is 2.69. The predicted octanol–water partition coefficient (Wildman–Crippen LogP) is 3.26. The number of aromatic hydroxyl groups is 1. The maximum absolute atomic E-state index is 13.6. The third-order valence-electron chi connectivity index (χ3n) is 2.09.